The number of benzene rings is 1. The van der Waals surface area contributed by atoms with E-state index < -0.39 is 0 Å². The number of aliphatic hydroxyl groups is 1. The topological polar surface area (TPSA) is 52.6 Å². The predicted molar refractivity (Wildman–Crippen MR) is 86.2 cm³/mol. The van der Waals surface area contributed by atoms with Gasteiger partial charge in [-0.2, -0.15) is 0 Å². The largest absolute Gasteiger partial charge is 0.395 e. The molecule has 21 heavy (non-hydrogen) atoms. The van der Waals surface area contributed by atoms with Crippen molar-refractivity contribution in [1.29, 1.82) is 0 Å². The van der Waals surface area contributed by atoms with Gasteiger partial charge in [-0.25, -0.2) is 4.79 Å². The summed E-state index contributed by atoms with van der Waals surface area (Å²) in [6.07, 6.45) is 0.896. The molecule has 4 heteroatoms. The normalized spacial score (nSPS) is 12.3. The summed E-state index contributed by atoms with van der Waals surface area (Å²) in [6.45, 7) is 9.24. The van der Waals surface area contributed by atoms with E-state index in [1.807, 2.05) is 19.1 Å². The maximum Gasteiger partial charge on any atom is 0.317 e. The van der Waals surface area contributed by atoms with Crippen LogP contribution in [-0.4, -0.2) is 35.7 Å². The Morgan fingerprint density at radius 1 is 1.33 bits per heavy atom. The van der Waals surface area contributed by atoms with Gasteiger partial charge in [-0.3, -0.25) is 0 Å². The van der Waals surface area contributed by atoms with Gasteiger partial charge in [-0.05, 0) is 37.3 Å². The van der Waals surface area contributed by atoms with Crippen molar-refractivity contribution in [2.24, 2.45) is 5.92 Å². The van der Waals surface area contributed by atoms with E-state index in [0.717, 1.165) is 6.42 Å². The molecule has 118 valence electrons. The Hall–Kier alpha value is -1.55. The van der Waals surface area contributed by atoms with Crippen molar-refractivity contribution in [3.8, 4) is 0 Å². The summed E-state index contributed by atoms with van der Waals surface area (Å²) in [5.74, 6) is 0.489. The van der Waals surface area contributed by atoms with Gasteiger partial charge < -0.3 is 15.3 Å². The Kier molecular flexibility index (Phi) is 7.23. The Labute approximate surface area is 128 Å². The summed E-state index contributed by atoms with van der Waals surface area (Å²) in [7, 11) is 0. The van der Waals surface area contributed by atoms with E-state index in [9.17, 15) is 4.79 Å². The second-order valence-corrected chi connectivity index (χ2v) is 5.79. The minimum absolute atomic E-state index is 0.00597. The number of hydrogen-bond acceptors (Lipinski definition) is 2. The molecule has 0 spiro atoms. The summed E-state index contributed by atoms with van der Waals surface area (Å²) in [5, 5.41) is 12.2. The van der Waals surface area contributed by atoms with Crippen LogP contribution in [0.25, 0.3) is 0 Å². The molecule has 0 aliphatic heterocycles. The molecule has 4 nitrogen and oxygen atoms in total. The van der Waals surface area contributed by atoms with Gasteiger partial charge in [0.05, 0.1) is 12.6 Å². The van der Waals surface area contributed by atoms with Gasteiger partial charge >= 0.3 is 6.03 Å². The van der Waals surface area contributed by atoms with Gasteiger partial charge in [0.1, 0.15) is 0 Å². The first kappa shape index (κ1) is 17.5. The van der Waals surface area contributed by atoms with Gasteiger partial charge in [0.15, 0.2) is 0 Å². The Bertz CT molecular complexity index is 446. The van der Waals surface area contributed by atoms with Gasteiger partial charge in [0.2, 0.25) is 0 Å². The Balaban J connectivity index is 2.89. The van der Waals surface area contributed by atoms with Gasteiger partial charge in [0.25, 0.3) is 0 Å². The van der Waals surface area contributed by atoms with E-state index in [1.54, 1.807) is 4.90 Å². The monoisotopic (exact) mass is 292 g/mol. The molecule has 1 unspecified atom stereocenters. The van der Waals surface area contributed by atoms with Crippen LogP contribution in [0.15, 0.2) is 24.3 Å². The van der Waals surface area contributed by atoms with Crippen LogP contribution in [0.2, 0.25) is 0 Å². The molecule has 0 aliphatic rings. The number of urea groups is 1. The van der Waals surface area contributed by atoms with Crippen LogP contribution in [0.3, 0.4) is 0 Å². The number of nitrogens with zero attached hydrogens (tertiary/aromatic N) is 1. The number of carbonyl (C=O) groups is 1. The first-order valence-electron chi connectivity index (χ1n) is 7.71. The molecule has 2 N–H and O–H groups in total. The first-order chi connectivity index (χ1) is 9.99. The average molecular weight is 292 g/mol. The lowest BCUT2D eigenvalue weighted by Gasteiger charge is -2.27. The van der Waals surface area contributed by atoms with Crippen LogP contribution in [-0.2, 0) is 0 Å². The van der Waals surface area contributed by atoms with Gasteiger partial charge in [0, 0.05) is 13.1 Å². The van der Waals surface area contributed by atoms with Crippen LogP contribution < -0.4 is 5.32 Å². The van der Waals surface area contributed by atoms with Crippen LogP contribution in [0.1, 0.15) is 44.4 Å². The second kappa shape index (κ2) is 8.67. The molecule has 0 heterocycles. The molecular formula is C17H28N2O2. The molecule has 1 rings (SSSR count). The molecular weight excluding hydrogens is 264 g/mol. The molecule has 0 fully saturated rings. The number of aryl methyl sites for hydroxylation is 1. The predicted octanol–water partition coefficient (Wildman–Crippen LogP) is 3.11. The van der Waals surface area contributed by atoms with Crippen molar-refractivity contribution in [2.75, 3.05) is 19.7 Å². The minimum atomic E-state index is -0.111. The fourth-order valence-electron chi connectivity index (χ4n) is 2.48. The maximum absolute atomic E-state index is 12.3. The van der Waals surface area contributed by atoms with E-state index in [0.29, 0.717) is 19.0 Å². The van der Waals surface area contributed by atoms with E-state index in [4.69, 9.17) is 5.11 Å². The summed E-state index contributed by atoms with van der Waals surface area (Å²) >= 11 is 0. The van der Waals surface area contributed by atoms with Crippen molar-refractivity contribution in [3.05, 3.63) is 35.4 Å². The van der Waals surface area contributed by atoms with E-state index in [1.165, 1.54) is 11.1 Å². The van der Waals surface area contributed by atoms with Gasteiger partial charge in [-0.1, -0.05) is 38.1 Å². The van der Waals surface area contributed by atoms with Gasteiger partial charge in [-0.15, -0.1) is 0 Å². The lowest BCUT2D eigenvalue weighted by Crippen LogP contribution is -2.43. The number of aliphatic hydroxyl groups excluding tert-OH is 1. The molecule has 1 aromatic carbocycles. The number of amides is 2. The van der Waals surface area contributed by atoms with Crippen molar-refractivity contribution in [3.63, 3.8) is 0 Å². The Morgan fingerprint density at radius 3 is 2.52 bits per heavy atom. The summed E-state index contributed by atoms with van der Waals surface area (Å²) < 4.78 is 0. The van der Waals surface area contributed by atoms with Crippen molar-refractivity contribution in [1.82, 2.24) is 10.2 Å². The standard InChI is InChI=1S/C17H28N2O2/c1-5-19(10-11-20)17(21)18-16(12-13(2)3)15-9-7-6-8-14(15)4/h6-9,13,16,20H,5,10-12H2,1-4H3,(H,18,21). The second-order valence-electron chi connectivity index (χ2n) is 5.79. The molecule has 0 saturated carbocycles. The van der Waals surface area contributed by atoms with Crippen LogP contribution in [0.5, 0.6) is 0 Å². The van der Waals surface area contributed by atoms with Crippen LogP contribution in [0, 0.1) is 12.8 Å². The fraction of sp³-hybridized carbons (Fsp3) is 0.588. The molecule has 0 aromatic heterocycles. The highest BCUT2D eigenvalue weighted by Gasteiger charge is 2.20. The summed E-state index contributed by atoms with van der Waals surface area (Å²) in [5.41, 5.74) is 2.35. The highest BCUT2D eigenvalue weighted by atomic mass is 16.3. The summed E-state index contributed by atoms with van der Waals surface area (Å²) in [4.78, 5) is 14.0. The highest BCUT2D eigenvalue weighted by Crippen LogP contribution is 2.24. The first-order valence-corrected chi connectivity index (χ1v) is 7.71. The van der Waals surface area contributed by atoms with Crippen LogP contribution >= 0.6 is 0 Å². The van der Waals surface area contributed by atoms with E-state index in [-0.39, 0.29) is 18.7 Å². The number of likely N-dealkylation sites (N-methyl/N-ethyl adjacent to an activating group) is 1. The zero-order valence-corrected chi connectivity index (χ0v) is 13.6. The average Bonchev–Trinajstić information content (AvgIpc) is 2.44. The molecule has 0 saturated heterocycles. The molecule has 0 aliphatic carbocycles. The lowest BCUT2D eigenvalue weighted by molar-refractivity contribution is 0.175. The molecule has 1 atom stereocenters. The number of nitrogens with one attached hydrogen (secondary N) is 1. The van der Waals surface area contributed by atoms with Crippen molar-refractivity contribution < 1.29 is 9.90 Å². The lowest BCUT2D eigenvalue weighted by atomic mass is 9.94. The van der Waals surface area contributed by atoms with Crippen molar-refractivity contribution in [2.45, 2.75) is 40.2 Å². The van der Waals surface area contributed by atoms with E-state index in [2.05, 4.69) is 38.2 Å². The van der Waals surface area contributed by atoms with E-state index >= 15 is 0 Å². The minimum Gasteiger partial charge on any atom is -0.395 e. The summed E-state index contributed by atoms with van der Waals surface area (Å²) in [6, 6.07) is 8.06. The number of carbonyl (C=O) groups excluding carboxylic acids is 1. The molecule has 2 amide bonds. The quantitative estimate of drug-likeness (QED) is 0.811. The Morgan fingerprint density at radius 2 is 2.00 bits per heavy atom. The third-order valence-corrected chi connectivity index (χ3v) is 3.61. The molecule has 0 radical (unpaired) electrons. The van der Waals surface area contributed by atoms with Crippen molar-refractivity contribution >= 4 is 6.03 Å². The number of rotatable bonds is 7. The maximum atomic E-state index is 12.3. The third kappa shape index (κ3) is 5.38. The number of hydrogen-bond donors (Lipinski definition) is 2. The zero-order chi connectivity index (χ0) is 15.8. The SMILES string of the molecule is CCN(CCO)C(=O)NC(CC(C)C)c1ccccc1C. The van der Waals surface area contributed by atoms with Crippen LogP contribution in [0.4, 0.5) is 4.79 Å². The molecule has 1 aromatic rings. The fourth-order valence-corrected chi connectivity index (χ4v) is 2.48. The third-order valence-electron chi connectivity index (χ3n) is 3.61. The smallest absolute Gasteiger partial charge is 0.317 e. The highest BCUT2D eigenvalue weighted by molar-refractivity contribution is 5.74. The zero-order valence-electron chi connectivity index (χ0n) is 13.6. The molecule has 0 bridgehead atoms.